The molecule has 0 fully saturated rings. The molecule has 2 aromatic carbocycles. The van der Waals surface area contributed by atoms with E-state index < -0.39 is 6.67 Å². The van der Waals surface area contributed by atoms with Gasteiger partial charge in [0.05, 0.1) is 0 Å². The molecule has 0 aliphatic rings. The van der Waals surface area contributed by atoms with Crippen molar-refractivity contribution >= 4 is 5.78 Å². The van der Waals surface area contributed by atoms with Crippen LogP contribution in [-0.2, 0) is 6.67 Å². The van der Waals surface area contributed by atoms with Crippen molar-refractivity contribution in [2.24, 2.45) is 0 Å². The third-order valence-corrected chi connectivity index (χ3v) is 2.73. The number of benzene rings is 2. The predicted octanol–water partition coefficient (Wildman–Crippen LogP) is 4.03. The fourth-order valence-electron chi connectivity index (χ4n) is 1.82. The first-order valence-corrected chi connectivity index (χ1v) is 5.47. The van der Waals surface area contributed by atoms with Crippen molar-refractivity contribution in [3.05, 3.63) is 59.7 Å². The summed E-state index contributed by atoms with van der Waals surface area (Å²) in [7, 11) is 0. The second-order valence-corrected chi connectivity index (χ2v) is 3.93. The quantitative estimate of drug-likeness (QED) is 0.725. The van der Waals surface area contributed by atoms with Gasteiger partial charge in [-0.25, -0.2) is 4.39 Å². The summed E-state index contributed by atoms with van der Waals surface area (Å²) < 4.78 is 12.4. The highest BCUT2D eigenvalue weighted by atomic mass is 19.1. The van der Waals surface area contributed by atoms with E-state index in [9.17, 15) is 9.18 Å². The molecule has 0 N–H and O–H groups in total. The van der Waals surface area contributed by atoms with Gasteiger partial charge >= 0.3 is 0 Å². The lowest BCUT2D eigenvalue weighted by Crippen LogP contribution is -1.95. The molecule has 2 heteroatoms. The van der Waals surface area contributed by atoms with Crippen LogP contribution >= 0.6 is 0 Å². The maximum absolute atomic E-state index is 12.4. The standard InChI is InChI=1S/C15H13FO/c1-11(17)14-4-2-3-5-15(14)13-8-6-12(10-16)7-9-13/h2-9H,10H2,1H3. The zero-order chi connectivity index (χ0) is 12.3. The fourth-order valence-corrected chi connectivity index (χ4v) is 1.82. The Bertz CT molecular complexity index is 529. The van der Waals surface area contributed by atoms with Gasteiger partial charge in [0.2, 0.25) is 0 Å². The van der Waals surface area contributed by atoms with Gasteiger partial charge in [-0.3, -0.25) is 4.79 Å². The van der Waals surface area contributed by atoms with E-state index in [1.165, 1.54) is 0 Å². The summed E-state index contributed by atoms with van der Waals surface area (Å²) in [5.41, 5.74) is 3.17. The molecular weight excluding hydrogens is 215 g/mol. The third kappa shape index (κ3) is 2.41. The SMILES string of the molecule is CC(=O)c1ccccc1-c1ccc(CF)cc1. The Morgan fingerprint density at radius 3 is 2.29 bits per heavy atom. The molecule has 2 rings (SSSR count). The molecule has 0 atom stereocenters. The van der Waals surface area contributed by atoms with Gasteiger partial charge in [0.15, 0.2) is 5.78 Å². The van der Waals surface area contributed by atoms with Crippen molar-refractivity contribution in [3.63, 3.8) is 0 Å². The summed E-state index contributed by atoms with van der Waals surface area (Å²) in [6.45, 7) is 1.09. The lowest BCUT2D eigenvalue weighted by Gasteiger charge is -2.07. The number of Topliss-reactive ketones (excluding diaryl/α,β-unsaturated/α-hetero) is 1. The maximum atomic E-state index is 12.4. The van der Waals surface area contributed by atoms with Crippen molar-refractivity contribution in [2.75, 3.05) is 0 Å². The Balaban J connectivity index is 2.48. The molecule has 2 aromatic rings. The van der Waals surface area contributed by atoms with E-state index in [-0.39, 0.29) is 5.78 Å². The molecule has 0 aromatic heterocycles. The van der Waals surface area contributed by atoms with E-state index in [1.54, 1.807) is 25.1 Å². The molecule has 0 spiro atoms. The number of halogens is 1. The van der Waals surface area contributed by atoms with Gasteiger partial charge < -0.3 is 0 Å². The van der Waals surface area contributed by atoms with E-state index in [4.69, 9.17) is 0 Å². The van der Waals surface area contributed by atoms with Crippen LogP contribution in [0, 0.1) is 0 Å². The minimum Gasteiger partial charge on any atom is -0.294 e. The molecule has 0 unspecified atom stereocenters. The largest absolute Gasteiger partial charge is 0.294 e. The van der Waals surface area contributed by atoms with Gasteiger partial charge in [-0.1, -0.05) is 48.5 Å². The average molecular weight is 228 g/mol. The Labute approximate surface area is 99.9 Å². The normalized spacial score (nSPS) is 10.2. The van der Waals surface area contributed by atoms with E-state index in [2.05, 4.69) is 0 Å². The Hall–Kier alpha value is -1.96. The number of rotatable bonds is 3. The minimum absolute atomic E-state index is 0.0372. The van der Waals surface area contributed by atoms with Crippen molar-refractivity contribution in [1.82, 2.24) is 0 Å². The Morgan fingerprint density at radius 2 is 1.71 bits per heavy atom. The first-order valence-electron chi connectivity index (χ1n) is 5.47. The van der Waals surface area contributed by atoms with Crippen molar-refractivity contribution in [3.8, 4) is 11.1 Å². The van der Waals surface area contributed by atoms with Crippen molar-refractivity contribution < 1.29 is 9.18 Å². The van der Waals surface area contributed by atoms with Crippen LogP contribution < -0.4 is 0 Å². The van der Waals surface area contributed by atoms with Crippen LogP contribution in [0.15, 0.2) is 48.5 Å². The van der Waals surface area contributed by atoms with Crippen LogP contribution in [0.1, 0.15) is 22.8 Å². The zero-order valence-corrected chi connectivity index (χ0v) is 9.61. The number of ketones is 1. The molecule has 0 saturated heterocycles. The summed E-state index contributed by atoms with van der Waals surface area (Å²) in [5.74, 6) is 0.0372. The maximum Gasteiger partial charge on any atom is 0.160 e. The van der Waals surface area contributed by atoms with E-state index in [0.29, 0.717) is 11.1 Å². The van der Waals surface area contributed by atoms with Crippen molar-refractivity contribution in [1.29, 1.82) is 0 Å². The second kappa shape index (κ2) is 4.91. The summed E-state index contributed by atoms with van der Waals surface area (Å²) in [6, 6.07) is 14.6. The monoisotopic (exact) mass is 228 g/mol. The Kier molecular flexibility index (Phi) is 3.33. The molecule has 0 radical (unpaired) electrons. The summed E-state index contributed by atoms with van der Waals surface area (Å²) in [6.07, 6.45) is 0. The zero-order valence-electron chi connectivity index (χ0n) is 9.61. The number of hydrogen-bond donors (Lipinski definition) is 0. The first kappa shape index (κ1) is 11.5. The molecule has 0 aliphatic carbocycles. The highest BCUT2D eigenvalue weighted by Crippen LogP contribution is 2.24. The highest BCUT2D eigenvalue weighted by Gasteiger charge is 2.07. The minimum atomic E-state index is -0.464. The molecule has 0 amide bonds. The van der Waals surface area contributed by atoms with Gasteiger partial charge in [-0.15, -0.1) is 0 Å². The highest BCUT2D eigenvalue weighted by molar-refractivity contribution is 6.00. The Morgan fingerprint density at radius 1 is 1.06 bits per heavy atom. The smallest absolute Gasteiger partial charge is 0.160 e. The van der Waals surface area contributed by atoms with Gasteiger partial charge in [-0.2, -0.15) is 0 Å². The van der Waals surface area contributed by atoms with Gasteiger partial charge in [0.1, 0.15) is 6.67 Å². The van der Waals surface area contributed by atoms with Crippen molar-refractivity contribution in [2.45, 2.75) is 13.6 Å². The molecule has 0 bridgehead atoms. The van der Waals surface area contributed by atoms with Crippen LogP contribution in [0.3, 0.4) is 0 Å². The topological polar surface area (TPSA) is 17.1 Å². The van der Waals surface area contributed by atoms with Gasteiger partial charge in [0, 0.05) is 5.56 Å². The molecule has 17 heavy (non-hydrogen) atoms. The van der Waals surface area contributed by atoms with Crippen LogP contribution in [0.5, 0.6) is 0 Å². The lowest BCUT2D eigenvalue weighted by atomic mass is 9.97. The second-order valence-electron chi connectivity index (χ2n) is 3.93. The van der Waals surface area contributed by atoms with Gasteiger partial charge in [-0.05, 0) is 23.6 Å². The fraction of sp³-hybridized carbons (Fsp3) is 0.133. The molecular formula is C15H13FO. The molecule has 1 nitrogen and oxygen atoms in total. The number of hydrogen-bond acceptors (Lipinski definition) is 1. The first-order chi connectivity index (χ1) is 8.22. The summed E-state index contributed by atoms with van der Waals surface area (Å²) in [4.78, 5) is 11.5. The van der Waals surface area contributed by atoms with E-state index in [1.807, 2.05) is 30.3 Å². The summed E-state index contributed by atoms with van der Waals surface area (Å²) >= 11 is 0. The number of alkyl halides is 1. The number of carbonyl (C=O) groups is 1. The van der Waals surface area contributed by atoms with Crippen LogP contribution in [-0.4, -0.2) is 5.78 Å². The van der Waals surface area contributed by atoms with E-state index >= 15 is 0 Å². The van der Waals surface area contributed by atoms with Crippen LogP contribution in [0.2, 0.25) is 0 Å². The van der Waals surface area contributed by atoms with Crippen LogP contribution in [0.4, 0.5) is 4.39 Å². The predicted molar refractivity (Wildman–Crippen MR) is 66.7 cm³/mol. The molecule has 0 heterocycles. The van der Waals surface area contributed by atoms with Crippen LogP contribution in [0.25, 0.3) is 11.1 Å². The molecule has 0 saturated carbocycles. The number of carbonyl (C=O) groups excluding carboxylic acids is 1. The third-order valence-electron chi connectivity index (χ3n) is 2.73. The summed E-state index contributed by atoms with van der Waals surface area (Å²) in [5, 5.41) is 0. The van der Waals surface area contributed by atoms with E-state index in [0.717, 1.165) is 11.1 Å². The van der Waals surface area contributed by atoms with Gasteiger partial charge in [0.25, 0.3) is 0 Å². The average Bonchev–Trinajstić information content (AvgIpc) is 2.39. The molecule has 86 valence electrons. The molecule has 0 aliphatic heterocycles. The lowest BCUT2D eigenvalue weighted by molar-refractivity contribution is 0.101.